The van der Waals surface area contributed by atoms with Crippen LogP contribution < -0.4 is 4.72 Å². The minimum atomic E-state index is -3.47. The lowest BCUT2D eigenvalue weighted by molar-refractivity contribution is 0.281. The zero-order chi connectivity index (χ0) is 13.2. The predicted molar refractivity (Wildman–Crippen MR) is 69.5 cm³/mol. The topological polar surface area (TPSA) is 66.4 Å². The Morgan fingerprint density at radius 1 is 1.39 bits per heavy atom. The van der Waals surface area contributed by atoms with E-state index in [4.69, 9.17) is 5.11 Å². The highest BCUT2D eigenvalue weighted by Crippen LogP contribution is 2.26. The summed E-state index contributed by atoms with van der Waals surface area (Å²) in [6.07, 6.45) is 3.05. The summed E-state index contributed by atoms with van der Waals surface area (Å²) in [5, 5.41) is 9.04. The molecule has 4 nitrogen and oxygen atoms in total. The van der Waals surface area contributed by atoms with Crippen molar-refractivity contribution in [2.45, 2.75) is 43.7 Å². The lowest BCUT2D eigenvalue weighted by Crippen LogP contribution is -2.36. The Kier molecular flexibility index (Phi) is 4.04. The highest BCUT2D eigenvalue weighted by atomic mass is 32.2. The van der Waals surface area contributed by atoms with Gasteiger partial charge in [0.25, 0.3) is 0 Å². The molecule has 2 N–H and O–H groups in total. The first-order chi connectivity index (χ1) is 8.53. The summed E-state index contributed by atoms with van der Waals surface area (Å²) in [7, 11) is -3.47. The van der Waals surface area contributed by atoms with E-state index in [1.807, 2.05) is 0 Å². The monoisotopic (exact) mass is 269 g/mol. The minimum Gasteiger partial charge on any atom is -0.392 e. The fourth-order valence-electron chi connectivity index (χ4n) is 2.40. The van der Waals surface area contributed by atoms with Crippen LogP contribution in [-0.4, -0.2) is 19.6 Å². The van der Waals surface area contributed by atoms with Gasteiger partial charge in [0.1, 0.15) is 0 Å². The molecule has 0 amide bonds. The summed E-state index contributed by atoms with van der Waals surface area (Å²) in [6.45, 7) is 1.92. The maximum absolute atomic E-state index is 12.2. The van der Waals surface area contributed by atoms with E-state index in [-0.39, 0.29) is 17.5 Å². The van der Waals surface area contributed by atoms with Gasteiger partial charge in [-0.25, -0.2) is 13.1 Å². The third kappa shape index (κ3) is 2.91. The molecule has 2 unspecified atom stereocenters. The normalized spacial score (nSPS) is 24.3. The maximum atomic E-state index is 12.2. The summed E-state index contributed by atoms with van der Waals surface area (Å²) in [6, 6.07) is 6.46. The lowest BCUT2D eigenvalue weighted by atomic mass is 10.1. The molecular weight excluding hydrogens is 250 g/mol. The summed E-state index contributed by atoms with van der Waals surface area (Å²) >= 11 is 0. The largest absolute Gasteiger partial charge is 0.392 e. The first-order valence-corrected chi connectivity index (χ1v) is 7.73. The fourth-order valence-corrected chi connectivity index (χ4v) is 3.85. The molecule has 0 heterocycles. The lowest BCUT2D eigenvalue weighted by Gasteiger charge is -2.17. The second-order valence-corrected chi connectivity index (χ2v) is 6.66. The zero-order valence-corrected chi connectivity index (χ0v) is 11.3. The molecule has 0 saturated heterocycles. The SMILES string of the molecule is CC1CCCC1NS(=O)(=O)c1cccc(CO)c1. The minimum absolute atomic E-state index is 0.0350. The highest BCUT2D eigenvalue weighted by molar-refractivity contribution is 7.89. The molecule has 1 fully saturated rings. The molecule has 1 aliphatic rings. The molecule has 18 heavy (non-hydrogen) atoms. The first-order valence-electron chi connectivity index (χ1n) is 6.25. The van der Waals surface area contributed by atoms with Gasteiger partial charge in [-0.2, -0.15) is 0 Å². The van der Waals surface area contributed by atoms with E-state index in [9.17, 15) is 8.42 Å². The van der Waals surface area contributed by atoms with Crippen LogP contribution in [0.1, 0.15) is 31.7 Å². The first kappa shape index (κ1) is 13.5. The summed E-state index contributed by atoms with van der Waals surface area (Å²) in [5.74, 6) is 0.390. The van der Waals surface area contributed by atoms with Crippen LogP contribution in [0.2, 0.25) is 0 Å². The Balaban J connectivity index is 2.19. The smallest absolute Gasteiger partial charge is 0.240 e. The van der Waals surface area contributed by atoms with Crippen molar-refractivity contribution in [2.24, 2.45) is 5.92 Å². The number of aliphatic hydroxyl groups excluding tert-OH is 1. The Labute approximate surface area is 108 Å². The quantitative estimate of drug-likeness (QED) is 0.873. The third-order valence-electron chi connectivity index (χ3n) is 3.56. The molecule has 2 atom stereocenters. The number of aliphatic hydroxyl groups is 1. The fraction of sp³-hybridized carbons (Fsp3) is 0.538. The van der Waals surface area contributed by atoms with Gasteiger partial charge in [0, 0.05) is 6.04 Å². The average molecular weight is 269 g/mol. The summed E-state index contributed by atoms with van der Waals surface area (Å²) < 4.78 is 27.2. The molecule has 0 spiro atoms. The van der Waals surface area contributed by atoms with E-state index >= 15 is 0 Å². The van der Waals surface area contributed by atoms with Crippen LogP contribution in [0.4, 0.5) is 0 Å². The molecule has 0 aromatic heterocycles. The molecule has 2 rings (SSSR count). The Morgan fingerprint density at radius 3 is 2.78 bits per heavy atom. The van der Waals surface area contributed by atoms with Crippen LogP contribution in [0.5, 0.6) is 0 Å². The molecule has 100 valence electrons. The van der Waals surface area contributed by atoms with Crippen LogP contribution >= 0.6 is 0 Å². The number of benzene rings is 1. The Bertz CT molecular complexity index is 513. The van der Waals surface area contributed by atoms with E-state index in [2.05, 4.69) is 11.6 Å². The van der Waals surface area contributed by atoms with Crippen LogP contribution in [0.25, 0.3) is 0 Å². The molecular formula is C13H19NO3S. The standard InChI is InChI=1S/C13H19NO3S/c1-10-4-2-7-13(10)14-18(16,17)12-6-3-5-11(8-12)9-15/h3,5-6,8,10,13-15H,2,4,7,9H2,1H3. The molecule has 1 aromatic carbocycles. The highest BCUT2D eigenvalue weighted by Gasteiger charge is 2.28. The van der Waals surface area contributed by atoms with Gasteiger partial charge < -0.3 is 5.11 Å². The number of rotatable bonds is 4. The van der Waals surface area contributed by atoms with Crippen LogP contribution in [0, 0.1) is 5.92 Å². The van der Waals surface area contributed by atoms with Crippen molar-refractivity contribution in [3.8, 4) is 0 Å². The third-order valence-corrected chi connectivity index (χ3v) is 5.05. The van der Waals surface area contributed by atoms with Crippen LogP contribution in [0.15, 0.2) is 29.2 Å². The molecule has 0 bridgehead atoms. The van der Waals surface area contributed by atoms with Gasteiger partial charge in [0.15, 0.2) is 0 Å². The number of hydrogen-bond acceptors (Lipinski definition) is 3. The van der Waals surface area contributed by atoms with Crippen molar-refractivity contribution in [1.29, 1.82) is 0 Å². The van der Waals surface area contributed by atoms with Gasteiger partial charge in [-0.1, -0.05) is 25.5 Å². The average Bonchev–Trinajstić information content (AvgIpc) is 2.74. The predicted octanol–water partition coefficient (Wildman–Crippen LogP) is 1.65. The van der Waals surface area contributed by atoms with Crippen LogP contribution in [0.3, 0.4) is 0 Å². The van der Waals surface area contributed by atoms with Crippen LogP contribution in [-0.2, 0) is 16.6 Å². The van der Waals surface area contributed by atoms with Crippen molar-refractivity contribution < 1.29 is 13.5 Å². The van der Waals surface area contributed by atoms with Crippen molar-refractivity contribution in [1.82, 2.24) is 4.72 Å². The van der Waals surface area contributed by atoms with E-state index < -0.39 is 10.0 Å². The van der Waals surface area contributed by atoms with Gasteiger partial charge in [-0.05, 0) is 36.5 Å². The van der Waals surface area contributed by atoms with Gasteiger partial charge in [0.05, 0.1) is 11.5 Å². The van der Waals surface area contributed by atoms with Crippen molar-refractivity contribution in [3.05, 3.63) is 29.8 Å². The molecule has 1 aromatic rings. The molecule has 1 aliphatic carbocycles. The number of sulfonamides is 1. The van der Waals surface area contributed by atoms with E-state index in [0.717, 1.165) is 19.3 Å². The van der Waals surface area contributed by atoms with Crippen molar-refractivity contribution in [3.63, 3.8) is 0 Å². The maximum Gasteiger partial charge on any atom is 0.240 e. The van der Waals surface area contributed by atoms with Gasteiger partial charge in [-0.15, -0.1) is 0 Å². The number of nitrogens with one attached hydrogen (secondary N) is 1. The zero-order valence-electron chi connectivity index (χ0n) is 10.5. The van der Waals surface area contributed by atoms with E-state index in [0.29, 0.717) is 11.5 Å². The summed E-state index contributed by atoms with van der Waals surface area (Å²) in [5.41, 5.74) is 0.609. The second kappa shape index (κ2) is 5.38. The number of hydrogen-bond donors (Lipinski definition) is 2. The summed E-state index contributed by atoms with van der Waals surface area (Å²) in [4.78, 5) is 0.230. The van der Waals surface area contributed by atoms with Gasteiger partial charge >= 0.3 is 0 Å². The molecule has 0 aliphatic heterocycles. The van der Waals surface area contributed by atoms with E-state index in [1.54, 1.807) is 18.2 Å². The molecule has 1 saturated carbocycles. The van der Waals surface area contributed by atoms with Crippen molar-refractivity contribution >= 4 is 10.0 Å². The van der Waals surface area contributed by atoms with E-state index in [1.165, 1.54) is 6.07 Å². The second-order valence-electron chi connectivity index (χ2n) is 4.94. The molecule has 0 radical (unpaired) electrons. The Morgan fingerprint density at radius 2 is 2.17 bits per heavy atom. The van der Waals surface area contributed by atoms with Crippen molar-refractivity contribution in [2.75, 3.05) is 0 Å². The molecule has 5 heteroatoms. The van der Waals surface area contributed by atoms with Gasteiger partial charge in [-0.3, -0.25) is 0 Å². The van der Waals surface area contributed by atoms with Gasteiger partial charge in [0.2, 0.25) is 10.0 Å². The Hall–Kier alpha value is -0.910.